The third kappa shape index (κ3) is 5.02. The first kappa shape index (κ1) is 22.1. The van der Waals surface area contributed by atoms with Gasteiger partial charge in [-0.3, -0.25) is 4.57 Å². The summed E-state index contributed by atoms with van der Waals surface area (Å²) in [5, 5.41) is 0.0441. The molecule has 0 spiro atoms. The van der Waals surface area contributed by atoms with Crippen molar-refractivity contribution in [3.05, 3.63) is 84.4 Å². The molecular formula is C26H28N2O3S. The number of hydrogen-bond acceptors (Lipinski definition) is 4. The number of unbranched alkanes of at least 4 members (excludes halogenated alkanes) is 3. The summed E-state index contributed by atoms with van der Waals surface area (Å²) in [5.41, 5.74) is 2.82. The largest absolute Gasteiger partial charge is 0.494 e. The van der Waals surface area contributed by atoms with Gasteiger partial charge in [-0.15, -0.1) is 0 Å². The highest BCUT2D eigenvalue weighted by Crippen LogP contribution is 2.29. The summed E-state index contributed by atoms with van der Waals surface area (Å²) in [6, 6.07) is 24.2. The molecule has 0 atom stereocenters. The van der Waals surface area contributed by atoms with E-state index in [1.165, 1.54) is 12.8 Å². The van der Waals surface area contributed by atoms with Crippen LogP contribution in [0, 0.1) is 0 Å². The topological polar surface area (TPSA) is 61.2 Å². The lowest BCUT2D eigenvalue weighted by Crippen LogP contribution is -2.12. The Morgan fingerprint density at radius 3 is 2.31 bits per heavy atom. The fourth-order valence-electron chi connectivity index (χ4n) is 3.74. The van der Waals surface area contributed by atoms with Crippen LogP contribution in [0.2, 0.25) is 0 Å². The first-order valence-corrected chi connectivity index (χ1v) is 12.7. The fraction of sp³-hybridized carbons (Fsp3) is 0.269. The van der Waals surface area contributed by atoms with Crippen LogP contribution in [0.5, 0.6) is 5.75 Å². The maximum Gasteiger partial charge on any atom is 0.233 e. The van der Waals surface area contributed by atoms with Crippen LogP contribution in [0.1, 0.15) is 38.2 Å². The predicted octanol–water partition coefficient (Wildman–Crippen LogP) is 5.96. The molecule has 1 heterocycles. The number of rotatable bonds is 10. The molecule has 0 amide bonds. The van der Waals surface area contributed by atoms with Gasteiger partial charge in [0.1, 0.15) is 5.75 Å². The van der Waals surface area contributed by atoms with E-state index in [-0.39, 0.29) is 10.9 Å². The van der Waals surface area contributed by atoms with Gasteiger partial charge >= 0.3 is 0 Å². The van der Waals surface area contributed by atoms with Gasteiger partial charge in [0.25, 0.3) is 0 Å². The Bertz CT molecular complexity index is 1270. The lowest BCUT2D eigenvalue weighted by molar-refractivity contribution is 0.305. The van der Waals surface area contributed by atoms with E-state index in [4.69, 9.17) is 4.74 Å². The number of imidazole rings is 1. The number of para-hydroxylation sites is 1. The Balaban J connectivity index is 1.74. The summed E-state index contributed by atoms with van der Waals surface area (Å²) in [6.45, 7) is 2.83. The molecule has 4 rings (SSSR count). The van der Waals surface area contributed by atoms with E-state index in [9.17, 15) is 8.42 Å². The molecule has 6 heteroatoms. The van der Waals surface area contributed by atoms with E-state index in [2.05, 4.69) is 11.9 Å². The maximum atomic E-state index is 13.4. The van der Waals surface area contributed by atoms with Crippen LogP contribution < -0.4 is 4.74 Å². The quantitative estimate of drug-likeness (QED) is 0.281. The minimum atomic E-state index is -3.68. The predicted molar refractivity (Wildman–Crippen MR) is 128 cm³/mol. The summed E-state index contributed by atoms with van der Waals surface area (Å²) in [7, 11) is -3.68. The third-order valence-corrected chi connectivity index (χ3v) is 6.90. The van der Waals surface area contributed by atoms with E-state index < -0.39 is 9.84 Å². The van der Waals surface area contributed by atoms with Crippen LogP contribution in [0.15, 0.2) is 84.0 Å². The molecule has 1 aromatic heterocycles. The Labute approximate surface area is 189 Å². The summed E-state index contributed by atoms with van der Waals surface area (Å²) >= 11 is 0. The second-order valence-electron chi connectivity index (χ2n) is 7.87. The molecule has 0 aliphatic rings. The molecule has 0 bridgehead atoms. The van der Waals surface area contributed by atoms with Gasteiger partial charge in [-0.05, 0) is 36.2 Å². The third-order valence-electron chi connectivity index (χ3n) is 5.35. The summed E-state index contributed by atoms with van der Waals surface area (Å²) < 4.78 is 34.5. The van der Waals surface area contributed by atoms with Gasteiger partial charge in [-0.2, -0.15) is 0 Å². The van der Waals surface area contributed by atoms with Crippen LogP contribution in [-0.2, 0) is 15.6 Å². The molecule has 166 valence electrons. The van der Waals surface area contributed by atoms with Crippen molar-refractivity contribution < 1.29 is 13.2 Å². The molecule has 0 radical (unpaired) electrons. The number of sulfone groups is 1. The van der Waals surface area contributed by atoms with Crippen LogP contribution >= 0.6 is 0 Å². The minimum absolute atomic E-state index is 0.0441. The van der Waals surface area contributed by atoms with E-state index in [0.29, 0.717) is 17.6 Å². The molecule has 0 N–H and O–H groups in total. The van der Waals surface area contributed by atoms with Crippen molar-refractivity contribution in [2.45, 2.75) is 43.5 Å². The number of aromatic nitrogens is 2. The molecule has 0 saturated heterocycles. The van der Waals surface area contributed by atoms with Gasteiger partial charge in [0.2, 0.25) is 15.0 Å². The SMILES string of the molecule is CCCCCCOc1ccc2nc(S(=O)(=O)Cc3ccccc3)n(-c3ccccc3)c2c1. The van der Waals surface area contributed by atoms with Crippen molar-refractivity contribution in [3.63, 3.8) is 0 Å². The zero-order valence-corrected chi connectivity index (χ0v) is 19.1. The molecule has 5 nitrogen and oxygen atoms in total. The van der Waals surface area contributed by atoms with Crippen LogP contribution in [0.4, 0.5) is 0 Å². The van der Waals surface area contributed by atoms with Crippen LogP contribution in [0.25, 0.3) is 16.7 Å². The standard InChI is InChI=1S/C26H28N2O3S/c1-2-3-4-11-18-31-23-16-17-24-25(19-23)28(22-14-9-6-10-15-22)26(27-24)32(29,30)20-21-12-7-5-8-13-21/h5-10,12-17,19H,2-4,11,18,20H2,1H3. The van der Waals surface area contributed by atoms with E-state index in [1.807, 2.05) is 78.9 Å². The van der Waals surface area contributed by atoms with Crippen molar-refractivity contribution in [2.75, 3.05) is 6.61 Å². The number of hydrogen-bond donors (Lipinski definition) is 0. The van der Waals surface area contributed by atoms with Crippen LogP contribution in [0.3, 0.4) is 0 Å². The Kier molecular flexibility index (Phi) is 6.90. The van der Waals surface area contributed by atoms with Crippen molar-refractivity contribution in [1.82, 2.24) is 9.55 Å². The van der Waals surface area contributed by atoms with Crippen molar-refractivity contribution in [2.24, 2.45) is 0 Å². The van der Waals surface area contributed by atoms with Gasteiger partial charge in [0.05, 0.1) is 23.4 Å². The Hall–Kier alpha value is -3.12. The molecule has 0 aliphatic carbocycles. The van der Waals surface area contributed by atoms with Crippen molar-refractivity contribution >= 4 is 20.9 Å². The maximum absolute atomic E-state index is 13.4. The highest BCUT2D eigenvalue weighted by atomic mass is 32.2. The summed E-state index contributed by atoms with van der Waals surface area (Å²) in [4.78, 5) is 4.54. The molecule has 4 aromatic rings. The number of fused-ring (bicyclic) bond motifs is 1. The first-order chi connectivity index (χ1) is 15.6. The summed E-state index contributed by atoms with van der Waals surface area (Å²) in [6.07, 6.45) is 4.53. The molecule has 0 saturated carbocycles. The van der Waals surface area contributed by atoms with Gasteiger partial charge in [0.15, 0.2) is 0 Å². The number of benzene rings is 3. The second kappa shape index (κ2) is 10.0. The van der Waals surface area contributed by atoms with Crippen molar-refractivity contribution in [1.29, 1.82) is 0 Å². The Morgan fingerprint density at radius 2 is 1.59 bits per heavy atom. The van der Waals surface area contributed by atoms with Gasteiger partial charge in [-0.1, -0.05) is 74.7 Å². The monoisotopic (exact) mass is 448 g/mol. The zero-order valence-electron chi connectivity index (χ0n) is 18.3. The highest BCUT2D eigenvalue weighted by Gasteiger charge is 2.25. The van der Waals surface area contributed by atoms with Crippen molar-refractivity contribution in [3.8, 4) is 11.4 Å². The lowest BCUT2D eigenvalue weighted by atomic mass is 10.2. The van der Waals surface area contributed by atoms with Gasteiger partial charge in [0, 0.05) is 11.8 Å². The number of nitrogens with zero attached hydrogens (tertiary/aromatic N) is 2. The average molecular weight is 449 g/mol. The average Bonchev–Trinajstić information content (AvgIpc) is 3.20. The van der Waals surface area contributed by atoms with Gasteiger partial charge in [-0.25, -0.2) is 13.4 Å². The molecule has 0 unspecified atom stereocenters. The first-order valence-electron chi connectivity index (χ1n) is 11.1. The van der Waals surface area contributed by atoms with Crippen LogP contribution in [-0.4, -0.2) is 24.6 Å². The molecule has 0 fully saturated rings. The Morgan fingerprint density at radius 1 is 0.875 bits per heavy atom. The van der Waals surface area contributed by atoms with E-state index >= 15 is 0 Å². The smallest absolute Gasteiger partial charge is 0.233 e. The molecule has 0 aliphatic heterocycles. The molecular weight excluding hydrogens is 420 g/mol. The lowest BCUT2D eigenvalue weighted by Gasteiger charge is -2.11. The number of ether oxygens (including phenoxy) is 1. The van der Waals surface area contributed by atoms with E-state index in [0.717, 1.165) is 29.8 Å². The minimum Gasteiger partial charge on any atom is -0.494 e. The van der Waals surface area contributed by atoms with E-state index in [1.54, 1.807) is 4.57 Å². The second-order valence-corrected chi connectivity index (χ2v) is 9.75. The highest BCUT2D eigenvalue weighted by molar-refractivity contribution is 7.90. The summed E-state index contributed by atoms with van der Waals surface area (Å²) in [5.74, 6) is 0.614. The molecule has 32 heavy (non-hydrogen) atoms. The van der Waals surface area contributed by atoms with Gasteiger partial charge < -0.3 is 4.74 Å². The zero-order chi connectivity index (χ0) is 22.4. The fourth-order valence-corrected chi connectivity index (χ4v) is 5.21. The molecule has 3 aromatic carbocycles. The normalized spacial score (nSPS) is 11.7.